The van der Waals surface area contributed by atoms with Crippen molar-refractivity contribution < 1.29 is 0 Å². The van der Waals surface area contributed by atoms with E-state index in [1.807, 2.05) is 6.20 Å². The predicted octanol–water partition coefficient (Wildman–Crippen LogP) is 1.27. The number of rotatable bonds is 4. The lowest BCUT2D eigenvalue weighted by Gasteiger charge is -2.42. The zero-order valence-corrected chi connectivity index (χ0v) is 14.0. The molecule has 2 N–H and O–H groups in total. The molecule has 0 aromatic carbocycles. The van der Waals surface area contributed by atoms with E-state index in [9.17, 15) is 0 Å². The maximum Gasteiger partial charge on any atom is 0.191 e. The van der Waals surface area contributed by atoms with Gasteiger partial charge in [0, 0.05) is 38.9 Å². The standard InChI is InChI=1S/C17H28N6/c1-22-15(7-10-21-22)16-13(4-2-11-23(16)14-5-6-14)12-20-17-18-8-3-9-19-17/h7,10,13-14,16H,2-6,8-9,11-12H2,1H3,(H2,18,19,20)/t13-,16+/m0/s1. The fraction of sp³-hybridized carbons (Fsp3) is 0.765. The Balaban J connectivity index is 1.50. The smallest absolute Gasteiger partial charge is 0.191 e. The van der Waals surface area contributed by atoms with Gasteiger partial charge in [-0.15, -0.1) is 0 Å². The maximum absolute atomic E-state index is 4.55. The molecular weight excluding hydrogens is 288 g/mol. The number of hydrogen-bond acceptors (Lipinski definition) is 5. The van der Waals surface area contributed by atoms with E-state index in [4.69, 9.17) is 0 Å². The molecule has 1 saturated heterocycles. The normalized spacial score (nSPS) is 29.0. The summed E-state index contributed by atoms with van der Waals surface area (Å²) in [6.45, 7) is 4.20. The monoisotopic (exact) mass is 316 g/mol. The average molecular weight is 316 g/mol. The quantitative estimate of drug-likeness (QED) is 0.878. The minimum atomic E-state index is 0.487. The molecule has 126 valence electrons. The van der Waals surface area contributed by atoms with Gasteiger partial charge in [-0.2, -0.15) is 5.10 Å². The Bertz CT molecular complexity index is 561. The molecule has 1 aromatic rings. The fourth-order valence-electron chi connectivity index (χ4n) is 4.10. The predicted molar refractivity (Wildman–Crippen MR) is 91.3 cm³/mol. The van der Waals surface area contributed by atoms with E-state index in [0.717, 1.165) is 38.1 Å². The molecule has 0 amide bonds. The minimum absolute atomic E-state index is 0.487. The summed E-state index contributed by atoms with van der Waals surface area (Å²) in [5.74, 6) is 1.61. The third-order valence-electron chi connectivity index (χ3n) is 5.40. The van der Waals surface area contributed by atoms with Gasteiger partial charge in [0.15, 0.2) is 5.96 Å². The molecule has 23 heavy (non-hydrogen) atoms. The molecule has 2 aliphatic heterocycles. The fourth-order valence-corrected chi connectivity index (χ4v) is 4.10. The number of aryl methyl sites for hydroxylation is 1. The summed E-state index contributed by atoms with van der Waals surface area (Å²) in [7, 11) is 2.08. The van der Waals surface area contributed by atoms with Crippen molar-refractivity contribution in [3.8, 4) is 0 Å². The van der Waals surface area contributed by atoms with Crippen LogP contribution in [-0.2, 0) is 7.05 Å². The largest absolute Gasteiger partial charge is 0.356 e. The molecule has 0 radical (unpaired) electrons. The zero-order chi connectivity index (χ0) is 15.6. The summed E-state index contributed by atoms with van der Waals surface area (Å²) < 4.78 is 2.06. The second-order valence-corrected chi connectivity index (χ2v) is 7.09. The molecule has 6 nitrogen and oxygen atoms in total. The van der Waals surface area contributed by atoms with Crippen molar-refractivity contribution in [2.75, 3.05) is 26.2 Å². The summed E-state index contributed by atoms with van der Waals surface area (Å²) >= 11 is 0. The van der Waals surface area contributed by atoms with Crippen LogP contribution in [0.25, 0.3) is 0 Å². The Morgan fingerprint density at radius 3 is 2.91 bits per heavy atom. The minimum Gasteiger partial charge on any atom is -0.356 e. The van der Waals surface area contributed by atoms with Gasteiger partial charge in [0.05, 0.1) is 11.7 Å². The van der Waals surface area contributed by atoms with Crippen LogP contribution in [0.15, 0.2) is 17.3 Å². The Morgan fingerprint density at radius 2 is 2.22 bits per heavy atom. The van der Waals surface area contributed by atoms with Gasteiger partial charge in [0.25, 0.3) is 0 Å². The number of hydrogen-bond donors (Lipinski definition) is 2. The van der Waals surface area contributed by atoms with Crippen LogP contribution in [0, 0.1) is 5.92 Å². The summed E-state index contributed by atoms with van der Waals surface area (Å²) in [5.41, 5.74) is 1.36. The zero-order valence-electron chi connectivity index (χ0n) is 14.0. The summed E-state index contributed by atoms with van der Waals surface area (Å²) in [6, 6.07) is 3.48. The molecule has 1 aromatic heterocycles. The van der Waals surface area contributed by atoms with E-state index < -0.39 is 0 Å². The molecule has 0 bridgehead atoms. The molecule has 4 rings (SSSR count). The summed E-state index contributed by atoms with van der Waals surface area (Å²) in [6.07, 6.45) is 8.38. The maximum atomic E-state index is 4.55. The van der Waals surface area contributed by atoms with Crippen molar-refractivity contribution in [2.24, 2.45) is 18.0 Å². The Kier molecular flexibility index (Phi) is 4.25. The van der Waals surface area contributed by atoms with E-state index in [1.54, 1.807) is 0 Å². The van der Waals surface area contributed by atoms with E-state index >= 15 is 0 Å². The first-order valence-corrected chi connectivity index (χ1v) is 9.09. The Hall–Kier alpha value is -1.56. The molecule has 3 heterocycles. The number of guanidine groups is 1. The molecule has 2 fully saturated rings. The van der Waals surface area contributed by atoms with Crippen LogP contribution in [0.4, 0.5) is 0 Å². The first-order valence-electron chi connectivity index (χ1n) is 9.09. The van der Waals surface area contributed by atoms with Gasteiger partial charge >= 0.3 is 0 Å². The average Bonchev–Trinajstić information content (AvgIpc) is 3.35. The first kappa shape index (κ1) is 15.0. The molecule has 0 unspecified atom stereocenters. The van der Waals surface area contributed by atoms with Crippen LogP contribution in [0.3, 0.4) is 0 Å². The van der Waals surface area contributed by atoms with Gasteiger partial charge in [0.1, 0.15) is 0 Å². The van der Waals surface area contributed by atoms with E-state index in [2.05, 4.69) is 43.4 Å². The number of nitrogens with one attached hydrogen (secondary N) is 2. The van der Waals surface area contributed by atoms with E-state index in [0.29, 0.717) is 12.0 Å². The van der Waals surface area contributed by atoms with Gasteiger partial charge in [-0.3, -0.25) is 14.6 Å². The van der Waals surface area contributed by atoms with Gasteiger partial charge in [-0.1, -0.05) is 0 Å². The van der Waals surface area contributed by atoms with Gasteiger partial charge in [-0.25, -0.2) is 0 Å². The van der Waals surface area contributed by atoms with Crippen LogP contribution in [0.2, 0.25) is 0 Å². The lowest BCUT2D eigenvalue weighted by Crippen LogP contribution is -2.48. The van der Waals surface area contributed by atoms with Gasteiger partial charge in [0.2, 0.25) is 0 Å². The SMILES string of the molecule is Cn1nccc1[C@H]1[C@H](CNC2=NCCCN2)CCCN1C1CC1. The topological polar surface area (TPSA) is 57.5 Å². The molecular formula is C17H28N6. The van der Waals surface area contributed by atoms with Crippen molar-refractivity contribution in [1.82, 2.24) is 25.3 Å². The third kappa shape index (κ3) is 3.22. The lowest BCUT2D eigenvalue weighted by molar-refractivity contribution is 0.0800. The van der Waals surface area contributed by atoms with E-state index in [-0.39, 0.29) is 0 Å². The number of likely N-dealkylation sites (tertiary alicyclic amines) is 1. The van der Waals surface area contributed by atoms with Crippen LogP contribution in [0.1, 0.15) is 43.8 Å². The summed E-state index contributed by atoms with van der Waals surface area (Å²) in [4.78, 5) is 7.29. The number of nitrogens with zero attached hydrogens (tertiary/aromatic N) is 4. The molecule has 1 saturated carbocycles. The first-order chi connectivity index (χ1) is 11.3. The lowest BCUT2D eigenvalue weighted by atomic mass is 9.86. The van der Waals surface area contributed by atoms with Gasteiger partial charge in [-0.05, 0) is 50.6 Å². The third-order valence-corrected chi connectivity index (χ3v) is 5.40. The second kappa shape index (κ2) is 6.51. The highest BCUT2D eigenvalue weighted by molar-refractivity contribution is 5.80. The molecule has 3 aliphatic rings. The highest BCUT2D eigenvalue weighted by atomic mass is 15.3. The van der Waals surface area contributed by atoms with Crippen LogP contribution in [0.5, 0.6) is 0 Å². The number of aliphatic imine (C=N–C) groups is 1. The molecule has 2 atom stereocenters. The Labute approximate surface area is 138 Å². The summed E-state index contributed by atoms with van der Waals surface area (Å²) in [5, 5.41) is 11.4. The van der Waals surface area contributed by atoms with Crippen molar-refractivity contribution in [2.45, 2.75) is 44.2 Å². The van der Waals surface area contributed by atoms with Crippen LogP contribution >= 0.6 is 0 Å². The van der Waals surface area contributed by atoms with Crippen molar-refractivity contribution >= 4 is 5.96 Å². The Morgan fingerprint density at radius 1 is 1.30 bits per heavy atom. The van der Waals surface area contributed by atoms with E-state index in [1.165, 1.54) is 37.9 Å². The molecule has 1 aliphatic carbocycles. The highest BCUT2D eigenvalue weighted by Crippen LogP contribution is 2.42. The highest BCUT2D eigenvalue weighted by Gasteiger charge is 2.41. The van der Waals surface area contributed by atoms with Crippen molar-refractivity contribution in [3.05, 3.63) is 18.0 Å². The number of aromatic nitrogens is 2. The molecule has 0 spiro atoms. The van der Waals surface area contributed by atoms with Crippen molar-refractivity contribution in [1.29, 1.82) is 0 Å². The van der Waals surface area contributed by atoms with Crippen LogP contribution in [-0.4, -0.2) is 52.9 Å². The van der Waals surface area contributed by atoms with Crippen LogP contribution < -0.4 is 10.6 Å². The van der Waals surface area contributed by atoms with Crippen molar-refractivity contribution in [3.63, 3.8) is 0 Å². The second-order valence-electron chi connectivity index (χ2n) is 7.09. The van der Waals surface area contributed by atoms with Gasteiger partial charge < -0.3 is 10.6 Å². The number of piperidine rings is 1. The molecule has 6 heteroatoms.